The molecule has 4 atom stereocenters. The average Bonchev–Trinajstić information content (AvgIpc) is 3.51. The Morgan fingerprint density at radius 3 is 2.00 bits per heavy atom. The highest BCUT2D eigenvalue weighted by molar-refractivity contribution is 6.99. The van der Waals surface area contributed by atoms with Gasteiger partial charge in [-0.2, -0.15) is 0 Å². The lowest BCUT2D eigenvalue weighted by molar-refractivity contribution is -0.234. The van der Waals surface area contributed by atoms with E-state index in [9.17, 15) is 5.11 Å². The van der Waals surface area contributed by atoms with Crippen molar-refractivity contribution >= 4 is 27.0 Å². The largest absolute Gasteiger partial charge is 0.416 e. The van der Waals surface area contributed by atoms with Crippen molar-refractivity contribution in [1.82, 2.24) is 0 Å². The van der Waals surface area contributed by atoms with Gasteiger partial charge in [-0.1, -0.05) is 146 Å². The molecule has 1 saturated carbocycles. The fourth-order valence-electron chi connectivity index (χ4n) is 7.39. The summed E-state index contributed by atoms with van der Waals surface area (Å²) in [6, 6.07) is 21.5. The van der Waals surface area contributed by atoms with E-state index in [4.69, 9.17) is 18.3 Å². The summed E-state index contributed by atoms with van der Waals surface area (Å²) in [5.74, 6) is 5.29. The van der Waals surface area contributed by atoms with Crippen molar-refractivity contribution in [3.8, 4) is 11.8 Å². The van der Waals surface area contributed by atoms with Gasteiger partial charge in [-0.25, -0.2) is 0 Å². The standard InChI is InChI=1S/C43H64O5Si2/c1-33(31-47-50(41(7,8)9,36-23-17-14-18-24-36)37-25-19-15-20-26-37)22-16-13-21-27-38(44)39-35(3)42(10,32-48-49(11,12)40(4,5)6)34(2)30-43(39)45-28-29-46-43/h14-15,17-20,22-26,34,38-39,44H,3,13,16,28-32H2,1-2,4-12H3/b33-22+/t34-,38?,39?,42+/m1/s1. The fourth-order valence-corrected chi connectivity index (χ4v) is 13.1. The maximum Gasteiger partial charge on any atom is 0.261 e. The number of allylic oxidation sites excluding steroid dienone is 1. The first-order chi connectivity index (χ1) is 23.3. The van der Waals surface area contributed by atoms with E-state index < -0.39 is 34.4 Å². The number of aliphatic hydroxyl groups is 1. The first kappa shape index (κ1) is 40.5. The molecular weight excluding hydrogens is 653 g/mol. The third kappa shape index (κ3) is 8.34. The van der Waals surface area contributed by atoms with Crippen molar-refractivity contribution < 1.29 is 23.4 Å². The van der Waals surface area contributed by atoms with Gasteiger partial charge in [0.1, 0.15) is 6.10 Å². The van der Waals surface area contributed by atoms with Crippen molar-refractivity contribution in [2.75, 3.05) is 26.4 Å². The minimum Gasteiger partial charge on any atom is -0.416 e. The quantitative estimate of drug-likeness (QED) is 0.109. The van der Waals surface area contributed by atoms with E-state index in [1.54, 1.807) is 0 Å². The highest BCUT2D eigenvalue weighted by atomic mass is 28.4. The minimum absolute atomic E-state index is 0.0738. The van der Waals surface area contributed by atoms with E-state index in [1.807, 2.05) is 0 Å². The zero-order valence-corrected chi connectivity index (χ0v) is 34.8. The molecule has 1 aliphatic heterocycles. The third-order valence-electron chi connectivity index (χ3n) is 11.8. The lowest BCUT2D eigenvalue weighted by atomic mass is 9.58. The molecule has 2 aromatic rings. The summed E-state index contributed by atoms with van der Waals surface area (Å²) in [5, 5.41) is 14.2. The SMILES string of the molecule is C=C1C(C(O)C#CCC/C=C(\C)CO[Si](c2ccccc2)(c2ccccc2)C(C)(C)C)C2(C[C@@H](C)[C@]1(C)CO[Si](C)(C)C(C)(C)C)OCCO2. The van der Waals surface area contributed by atoms with Crippen molar-refractivity contribution in [2.24, 2.45) is 17.3 Å². The van der Waals surface area contributed by atoms with Crippen LogP contribution in [-0.4, -0.2) is 60.1 Å². The van der Waals surface area contributed by atoms with E-state index in [0.717, 1.165) is 12.0 Å². The van der Waals surface area contributed by atoms with Gasteiger partial charge < -0.3 is 23.4 Å². The van der Waals surface area contributed by atoms with E-state index in [-0.39, 0.29) is 21.4 Å². The Morgan fingerprint density at radius 2 is 1.50 bits per heavy atom. The molecule has 0 radical (unpaired) electrons. The maximum atomic E-state index is 11.7. The Labute approximate surface area is 306 Å². The predicted octanol–water partition coefficient (Wildman–Crippen LogP) is 8.64. The highest BCUT2D eigenvalue weighted by Gasteiger charge is 2.59. The van der Waals surface area contributed by atoms with Gasteiger partial charge in [0.15, 0.2) is 14.1 Å². The summed E-state index contributed by atoms with van der Waals surface area (Å²) in [7, 11) is -4.60. The Hall–Kier alpha value is -2.29. The maximum absolute atomic E-state index is 11.7. The smallest absolute Gasteiger partial charge is 0.261 e. The number of ether oxygens (including phenoxy) is 2. The van der Waals surface area contributed by atoms with E-state index >= 15 is 0 Å². The second-order valence-electron chi connectivity index (χ2n) is 17.4. The first-order valence-corrected chi connectivity index (χ1v) is 23.3. The molecule has 2 aliphatic rings. The van der Waals surface area contributed by atoms with Crippen molar-refractivity contribution in [3.63, 3.8) is 0 Å². The van der Waals surface area contributed by atoms with Gasteiger partial charge in [0.2, 0.25) is 0 Å². The topological polar surface area (TPSA) is 57.2 Å². The van der Waals surface area contributed by atoms with Crippen LogP contribution in [0.25, 0.3) is 0 Å². The summed E-state index contributed by atoms with van der Waals surface area (Å²) in [6.07, 6.45) is 3.34. The predicted molar refractivity (Wildman–Crippen MR) is 213 cm³/mol. The Bertz CT molecular complexity index is 1480. The van der Waals surface area contributed by atoms with Gasteiger partial charge in [0.05, 0.1) is 25.7 Å². The van der Waals surface area contributed by atoms with Crippen LogP contribution in [0.1, 0.15) is 81.6 Å². The molecule has 1 spiro atoms. The summed E-state index contributed by atoms with van der Waals surface area (Å²) in [6.45, 7) is 31.6. The monoisotopic (exact) mass is 716 g/mol. The van der Waals surface area contributed by atoms with E-state index in [2.05, 4.69) is 161 Å². The molecule has 1 saturated heterocycles. The number of rotatable bonds is 11. The minimum atomic E-state index is -2.61. The normalized spacial score (nSPS) is 23.8. The number of aliphatic hydroxyl groups excluding tert-OH is 1. The molecule has 274 valence electrons. The van der Waals surface area contributed by atoms with Gasteiger partial charge >= 0.3 is 0 Å². The van der Waals surface area contributed by atoms with Gasteiger partial charge in [0.25, 0.3) is 8.32 Å². The Kier molecular flexibility index (Phi) is 12.8. The van der Waals surface area contributed by atoms with Gasteiger partial charge in [-0.15, -0.1) is 5.92 Å². The second-order valence-corrected chi connectivity index (χ2v) is 26.5. The van der Waals surface area contributed by atoms with Crippen molar-refractivity contribution in [1.29, 1.82) is 0 Å². The van der Waals surface area contributed by atoms with Crippen LogP contribution >= 0.6 is 0 Å². The molecule has 7 heteroatoms. The fraction of sp³-hybridized carbons (Fsp3) is 0.581. The molecular formula is C43H64O5Si2. The van der Waals surface area contributed by atoms with Crippen molar-refractivity contribution in [3.05, 3.63) is 84.5 Å². The molecule has 2 fully saturated rings. The molecule has 2 aromatic carbocycles. The van der Waals surface area contributed by atoms with Crippen LogP contribution in [0, 0.1) is 29.1 Å². The molecule has 5 nitrogen and oxygen atoms in total. The molecule has 1 heterocycles. The Balaban J connectivity index is 1.47. The second kappa shape index (κ2) is 15.8. The Morgan fingerprint density at radius 1 is 0.960 bits per heavy atom. The number of benzene rings is 2. The van der Waals surface area contributed by atoms with Crippen LogP contribution in [0.2, 0.25) is 23.2 Å². The van der Waals surface area contributed by atoms with Crippen LogP contribution in [0.3, 0.4) is 0 Å². The van der Waals surface area contributed by atoms with Crippen LogP contribution in [0.5, 0.6) is 0 Å². The molecule has 0 bridgehead atoms. The van der Waals surface area contributed by atoms with Crippen LogP contribution < -0.4 is 10.4 Å². The molecule has 2 unspecified atom stereocenters. The van der Waals surface area contributed by atoms with Crippen molar-refractivity contribution in [2.45, 2.75) is 117 Å². The first-order valence-electron chi connectivity index (χ1n) is 18.5. The number of hydrogen-bond donors (Lipinski definition) is 1. The summed E-state index contributed by atoms with van der Waals surface area (Å²) in [5.41, 5.74) is 1.75. The highest BCUT2D eigenvalue weighted by Crippen LogP contribution is 2.55. The zero-order valence-electron chi connectivity index (χ0n) is 32.8. The zero-order chi connectivity index (χ0) is 37.0. The molecule has 0 aromatic heterocycles. The molecule has 50 heavy (non-hydrogen) atoms. The molecule has 1 N–H and O–H groups in total. The average molecular weight is 717 g/mol. The summed E-state index contributed by atoms with van der Waals surface area (Å²) >= 11 is 0. The molecule has 1 aliphatic carbocycles. The molecule has 4 rings (SSSR count). The number of unbranched alkanes of at least 4 members (excludes halogenated alkanes) is 1. The van der Waals surface area contributed by atoms with Gasteiger partial charge in [0, 0.05) is 24.9 Å². The van der Waals surface area contributed by atoms with Crippen LogP contribution in [0.15, 0.2) is 84.5 Å². The van der Waals surface area contributed by atoms with Gasteiger partial charge in [-0.05, 0) is 52.8 Å². The summed E-state index contributed by atoms with van der Waals surface area (Å²) in [4.78, 5) is 0. The molecule has 0 amide bonds. The lowest BCUT2D eigenvalue weighted by Crippen LogP contribution is -2.66. The summed E-state index contributed by atoms with van der Waals surface area (Å²) < 4.78 is 26.4. The number of hydrogen-bond acceptors (Lipinski definition) is 5. The van der Waals surface area contributed by atoms with Crippen LogP contribution in [-0.2, 0) is 18.3 Å². The van der Waals surface area contributed by atoms with Crippen LogP contribution in [0.4, 0.5) is 0 Å². The third-order valence-corrected chi connectivity index (χ3v) is 21.3. The van der Waals surface area contributed by atoms with Gasteiger partial charge in [-0.3, -0.25) is 0 Å². The lowest BCUT2D eigenvalue weighted by Gasteiger charge is -2.54. The van der Waals surface area contributed by atoms with E-state index in [0.29, 0.717) is 39.3 Å². The van der Waals surface area contributed by atoms with E-state index in [1.165, 1.54) is 15.9 Å².